The first-order chi connectivity index (χ1) is 7.81. The molecule has 0 aromatic heterocycles. The monoisotopic (exact) mass is 317 g/mol. The average molecular weight is 318 g/mol. The fourth-order valence-electron chi connectivity index (χ4n) is 1.19. The first-order valence-electron chi connectivity index (χ1n) is 5.15. The van der Waals surface area contributed by atoms with Crippen LogP contribution in [-0.2, 0) is 4.74 Å². The lowest BCUT2D eigenvalue weighted by Gasteiger charge is -2.20. The molecule has 1 rings (SSSR count). The summed E-state index contributed by atoms with van der Waals surface area (Å²) < 4.78 is 6.12. The number of carbonyl (C=O) groups is 1. The molecule has 3 nitrogen and oxygen atoms in total. The van der Waals surface area contributed by atoms with E-state index in [-0.39, 0.29) is 0 Å². The SMILES string of the molecule is CSc1ccc(Br)cc1NC(=O)OC(C)(C)C. The van der Waals surface area contributed by atoms with E-state index < -0.39 is 11.7 Å². The third-order valence-corrected chi connectivity index (χ3v) is 3.09. The summed E-state index contributed by atoms with van der Waals surface area (Å²) in [6, 6.07) is 5.74. The second kappa shape index (κ2) is 5.78. The highest BCUT2D eigenvalue weighted by molar-refractivity contribution is 9.10. The molecule has 0 saturated carbocycles. The molecule has 0 atom stereocenters. The van der Waals surface area contributed by atoms with E-state index in [1.54, 1.807) is 11.8 Å². The summed E-state index contributed by atoms with van der Waals surface area (Å²) in [5.74, 6) is 0. The fraction of sp³-hybridized carbons (Fsp3) is 0.417. The number of rotatable bonds is 2. The quantitative estimate of drug-likeness (QED) is 0.815. The van der Waals surface area contributed by atoms with Crippen LogP contribution in [-0.4, -0.2) is 18.0 Å². The second-order valence-electron chi connectivity index (χ2n) is 4.47. The highest BCUT2D eigenvalue weighted by Crippen LogP contribution is 2.28. The van der Waals surface area contributed by atoms with Gasteiger partial charge in [-0.1, -0.05) is 15.9 Å². The molecule has 0 heterocycles. The van der Waals surface area contributed by atoms with Crippen molar-refractivity contribution >= 4 is 39.5 Å². The van der Waals surface area contributed by atoms with E-state index in [4.69, 9.17) is 4.74 Å². The third kappa shape index (κ3) is 5.00. The number of hydrogen-bond donors (Lipinski definition) is 1. The second-order valence-corrected chi connectivity index (χ2v) is 6.24. The zero-order chi connectivity index (χ0) is 13.1. The van der Waals surface area contributed by atoms with Crippen LogP contribution in [0, 0.1) is 0 Å². The Morgan fingerprint density at radius 3 is 2.59 bits per heavy atom. The van der Waals surface area contributed by atoms with Gasteiger partial charge >= 0.3 is 6.09 Å². The normalized spacial score (nSPS) is 11.1. The Bertz CT molecular complexity index is 415. The summed E-state index contributed by atoms with van der Waals surface area (Å²) in [5.41, 5.74) is 0.261. The molecule has 0 aliphatic heterocycles. The Hall–Kier alpha value is -0.680. The number of hydrogen-bond acceptors (Lipinski definition) is 3. The molecule has 0 unspecified atom stereocenters. The molecule has 0 fully saturated rings. The van der Waals surface area contributed by atoms with E-state index in [2.05, 4.69) is 21.2 Å². The van der Waals surface area contributed by atoms with Gasteiger partial charge in [0, 0.05) is 9.37 Å². The molecule has 5 heteroatoms. The number of thioether (sulfide) groups is 1. The van der Waals surface area contributed by atoms with Gasteiger partial charge in [-0.25, -0.2) is 4.79 Å². The molecular formula is C12H16BrNO2S. The van der Waals surface area contributed by atoms with Crippen molar-refractivity contribution < 1.29 is 9.53 Å². The standard InChI is InChI=1S/C12H16BrNO2S/c1-12(2,3)16-11(15)14-9-7-8(13)5-6-10(9)17-4/h5-7H,1-4H3,(H,14,15). The van der Waals surface area contributed by atoms with Crippen LogP contribution < -0.4 is 5.32 Å². The molecule has 94 valence electrons. The zero-order valence-electron chi connectivity index (χ0n) is 10.3. The lowest BCUT2D eigenvalue weighted by Crippen LogP contribution is -2.27. The molecule has 0 radical (unpaired) electrons. The van der Waals surface area contributed by atoms with Gasteiger partial charge in [0.1, 0.15) is 5.60 Å². The van der Waals surface area contributed by atoms with E-state index in [9.17, 15) is 4.79 Å². The Labute approximate surface area is 114 Å². The van der Waals surface area contributed by atoms with Crippen LogP contribution in [0.25, 0.3) is 0 Å². The van der Waals surface area contributed by atoms with E-state index >= 15 is 0 Å². The molecule has 0 spiro atoms. The highest BCUT2D eigenvalue weighted by Gasteiger charge is 2.17. The van der Waals surface area contributed by atoms with E-state index in [0.29, 0.717) is 0 Å². The van der Waals surface area contributed by atoms with Crippen molar-refractivity contribution in [1.82, 2.24) is 0 Å². The van der Waals surface area contributed by atoms with Gasteiger partial charge in [-0.15, -0.1) is 11.8 Å². The van der Waals surface area contributed by atoms with Gasteiger partial charge < -0.3 is 4.74 Å². The van der Waals surface area contributed by atoms with E-state index in [1.807, 2.05) is 45.2 Å². The van der Waals surface area contributed by atoms with Crippen LogP contribution in [0.15, 0.2) is 27.6 Å². The molecule has 0 bridgehead atoms. The maximum atomic E-state index is 11.6. The van der Waals surface area contributed by atoms with Gasteiger partial charge in [0.15, 0.2) is 0 Å². The van der Waals surface area contributed by atoms with Crippen molar-refractivity contribution in [3.8, 4) is 0 Å². The Balaban J connectivity index is 2.80. The summed E-state index contributed by atoms with van der Waals surface area (Å²) in [7, 11) is 0. The van der Waals surface area contributed by atoms with Gasteiger partial charge in [0.05, 0.1) is 5.69 Å². The maximum absolute atomic E-state index is 11.6. The van der Waals surface area contributed by atoms with Crippen molar-refractivity contribution in [1.29, 1.82) is 0 Å². The van der Waals surface area contributed by atoms with Crippen molar-refractivity contribution in [2.75, 3.05) is 11.6 Å². The molecule has 0 aliphatic carbocycles. The summed E-state index contributed by atoms with van der Waals surface area (Å²) >= 11 is 4.95. The van der Waals surface area contributed by atoms with E-state index in [0.717, 1.165) is 15.1 Å². The Kier molecular flexibility index (Phi) is 4.89. The fourth-order valence-corrected chi connectivity index (χ4v) is 2.09. The molecule has 1 amide bonds. The molecule has 1 N–H and O–H groups in total. The van der Waals surface area contributed by atoms with Crippen LogP contribution in [0.2, 0.25) is 0 Å². The van der Waals surface area contributed by atoms with Crippen molar-refractivity contribution in [3.63, 3.8) is 0 Å². The minimum atomic E-state index is -0.490. The number of amides is 1. The first-order valence-corrected chi connectivity index (χ1v) is 7.17. The van der Waals surface area contributed by atoms with Gasteiger partial charge in [-0.05, 0) is 45.2 Å². The summed E-state index contributed by atoms with van der Waals surface area (Å²) in [4.78, 5) is 12.6. The van der Waals surface area contributed by atoms with Gasteiger partial charge in [0.2, 0.25) is 0 Å². The van der Waals surface area contributed by atoms with Crippen LogP contribution in [0.3, 0.4) is 0 Å². The minimum Gasteiger partial charge on any atom is -0.444 e. The number of anilines is 1. The lowest BCUT2D eigenvalue weighted by molar-refractivity contribution is 0.0635. The molecular weight excluding hydrogens is 302 g/mol. The number of ether oxygens (including phenoxy) is 1. The molecule has 0 aliphatic rings. The minimum absolute atomic E-state index is 0.439. The van der Waals surface area contributed by atoms with Crippen molar-refractivity contribution in [3.05, 3.63) is 22.7 Å². The van der Waals surface area contributed by atoms with Crippen LogP contribution in [0.1, 0.15) is 20.8 Å². The number of benzene rings is 1. The van der Waals surface area contributed by atoms with Crippen LogP contribution >= 0.6 is 27.7 Å². The number of halogens is 1. The third-order valence-electron chi connectivity index (χ3n) is 1.80. The van der Waals surface area contributed by atoms with Crippen LogP contribution in [0.4, 0.5) is 10.5 Å². The largest absolute Gasteiger partial charge is 0.444 e. The maximum Gasteiger partial charge on any atom is 0.412 e. The van der Waals surface area contributed by atoms with Crippen molar-refractivity contribution in [2.45, 2.75) is 31.3 Å². The lowest BCUT2D eigenvalue weighted by atomic mass is 10.2. The van der Waals surface area contributed by atoms with Gasteiger partial charge in [-0.3, -0.25) is 5.32 Å². The van der Waals surface area contributed by atoms with E-state index in [1.165, 1.54) is 0 Å². The smallest absolute Gasteiger partial charge is 0.412 e. The average Bonchev–Trinajstić information content (AvgIpc) is 2.14. The first kappa shape index (κ1) is 14.4. The predicted octanol–water partition coefficient (Wildman–Crippen LogP) is 4.52. The number of carbonyl (C=O) groups excluding carboxylic acids is 1. The number of nitrogens with one attached hydrogen (secondary N) is 1. The Morgan fingerprint density at radius 1 is 1.41 bits per heavy atom. The summed E-state index contributed by atoms with van der Waals surface area (Å²) in [5, 5.41) is 2.75. The summed E-state index contributed by atoms with van der Waals surface area (Å²) in [6.07, 6.45) is 1.52. The van der Waals surface area contributed by atoms with Crippen molar-refractivity contribution in [2.24, 2.45) is 0 Å². The zero-order valence-corrected chi connectivity index (χ0v) is 12.7. The van der Waals surface area contributed by atoms with Crippen LogP contribution in [0.5, 0.6) is 0 Å². The highest BCUT2D eigenvalue weighted by atomic mass is 79.9. The molecule has 1 aromatic carbocycles. The summed E-state index contributed by atoms with van der Waals surface area (Å²) in [6.45, 7) is 5.51. The van der Waals surface area contributed by atoms with Gasteiger partial charge in [0.25, 0.3) is 0 Å². The topological polar surface area (TPSA) is 38.3 Å². The molecule has 1 aromatic rings. The van der Waals surface area contributed by atoms with Gasteiger partial charge in [-0.2, -0.15) is 0 Å². The molecule has 17 heavy (non-hydrogen) atoms. The molecule has 0 saturated heterocycles. The Morgan fingerprint density at radius 2 is 2.06 bits per heavy atom. The predicted molar refractivity (Wildman–Crippen MR) is 75.8 cm³/mol.